The van der Waals surface area contributed by atoms with Crippen molar-refractivity contribution >= 4 is 28.8 Å². The predicted molar refractivity (Wildman–Crippen MR) is 98.6 cm³/mol. The van der Waals surface area contributed by atoms with Crippen LogP contribution in [-0.4, -0.2) is 34.9 Å². The third kappa shape index (κ3) is 21.3. The zero-order valence-corrected chi connectivity index (χ0v) is 19.2. The van der Waals surface area contributed by atoms with E-state index in [2.05, 4.69) is 47.7 Å². The van der Waals surface area contributed by atoms with Gasteiger partial charge < -0.3 is 4.43 Å². The number of hydrogen-bond acceptors (Lipinski definition) is 1. The fourth-order valence-electron chi connectivity index (χ4n) is 2.13. The molecule has 0 aliphatic heterocycles. The molecule has 0 aromatic heterocycles. The predicted octanol–water partition coefficient (Wildman–Crippen LogP) is 6.54. The average Bonchev–Trinajstić information content (AvgIpc) is 2.37. The summed E-state index contributed by atoms with van der Waals surface area (Å²) >= 11 is -0.839. The summed E-state index contributed by atoms with van der Waals surface area (Å²) in [5, 5.41) is 0. The van der Waals surface area contributed by atoms with Crippen LogP contribution >= 0.6 is 0 Å². The van der Waals surface area contributed by atoms with Gasteiger partial charge in [0.1, 0.15) is 0 Å². The van der Waals surface area contributed by atoms with Gasteiger partial charge in [0.25, 0.3) is 0 Å². The van der Waals surface area contributed by atoms with E-state index in [0.29, 0.717) is 6.10 Å². The Morgan fingerprint density at radius 3 is 1.30 bits per heavy atom. The van der Waals surface area contributed by atoms with Gasteiger partial charge in [0.05, 0.1) is 0 Å². The van der Waals surface area contributed by atoms with Gasteiger partial charge in [0.2, 0.25) is 9.04 Å². The molecule has 0 aliphatic carbocycles. The van der Waals surface area contributed by atoms with Gasteiger partial charge >= 0.3 is 92.4 Å². The minimum absolute atomic E-state index is 0.420. The number of unbranched alkanes of at least 4 members (excludes halogenated alkanes) is 3. The number of hydrogen-bond donors (Lipinski definition) is 0. The molecule has 20 heavy (non-hydrogen) atoms. The summed E-state index contributed by atoms with van der Waals surface area (Å²) in [4.78, 5) is 0. The summed E-state index contributed by atoms with van der Waals surface area (Å²) < 4.78 is 10.4. The van der Waals surface area contributed by atoms with Gasteiger partial charge in [-0.25, -0.2) is 0 Å². The third-order valence-corrected chi connectivity index (χ3v) is 13.1. The fraction of sp³-hybridized carbons (Fsp3) is 1.00. The van der Waals surface area contributed by atoms with Crippen molar-refractivity contribution in [2.75, 3.05) is 0 Å². The first-order chi connectivity index (χ1) is 9.47. The Hall–Kier alpha value is 0.976. The van der Waals surface area contributed by atoms with E-state index in [9.17, 15) is 0 Å². The first kappa shape index (κ1) is 23.2. The molecule has 0 atom stereocenters. The molecule has 0 N–H and O–H groups in total. The molecule has 0 fully saturated rings. The van der Waals surface area contributed by atoms with Crippen molar-refractivity contribution in [3.05, 3.63) is 0 Å². The molecular formula is C17H40OSiSn. The number of rotatable bonds is 11. The molecule has 0 unspecified atom stereocenters. The molecule has 2 radical (unpaired) electrons. The van der Waals surface area contributed by atoms with E-state index >= 15 is 0 Å². The van der Waals surface area contributed by atoms with Crippen molar-refractivity contribution in [3.63, 3.8) is 0 Å². The molecule has 0 aromatic carbocycles. The summed E-state index contributed by atoms with van der Waals surface area (Å²) in [5.74, 6) is 0. The Labute approximate surface area is 138 Å². The normalized spacial score (nSPS) is 11.1. The topological polar surface area (TPSA) is 9.23 Å². The van der Waals surface area contributed by atoms with Crippen LogP contribution in [0.15, 0.2) is 0 Å². The molecule has 0 aromatic rings. The Balaban J connectivity index is 0. The van der Waals surface area contributed by atoms with Gasteiger partial charge in [-0.05, 0) is 26.9 Å². The molecular weight excluding hydrogens is 367 g/mol. The monoisotopic (exact) mass is 408 g/mol. The van der Waals surface area contributed by atoms with Gasteiger partial charge in [0.15, 0.2) is 0 Å². The molecule has 1 nitrogen and oxygen atoms in total. The first-order valence-corrected chi connectivity index (χ1v) is 17.2. The maximum absolute atomic E-state index is 5.35. The second-order valence-electron chi connectivity index (χ2n) is 6.14. The fourth-order valence-corrected chi connectivity index (χ4v) is 12.5. The molecule has 122 valence electrons. The molecule has 0 saturated carbocycles. The second-order valence-corrected chi connectivity index (χ2v) is 16.8. The van der Waals surface area contributed by atoms with Crippen molar-refractivity contribution in [1.29, 1.82) is 0 Å². The molecule has 0 rings (SSSR count). The SMILES string of the molecule is CC(C)O[Si](C)C.CCC[CH2][Sn]([CH2]CCC)[CH2]CCC. The average molecular weight is 407 g/mol. The summed E-state index contributed by atoms with van der Waals surface area (Å²) in [6.45, 7) is 15.4. The van der Waals surface area contributed by atoms with Crippen LogP contribution in [0.4, 0.5) is 0 Å². The molecule has 0 spiro atoms. The quantitative estimate of drug-likeness (QED) is 0.353. The summed E-state index contributed by atoms with van der Waals surface area (Å²) in [6, 6.07) is 0. The van der Waals surface area contributed by atoms with E-state index in [-0.39, 0.29) is 0 Å². The summed E-state index contributed by atoms with van der Waals surface area (Å²) in [5.41, 5.74) is 0. The van der Waals surface area contributed by atoms with Crippen LogP contribution in [0.2, 0.25) is 26.4 Å². The van der Waals surface area contributed by atoms with Gasteiger partial charge in [-0.2, -0.15) is 0 Å². The van der Waals surface area contributed by atoms with Gasteiger partial charge in [0, 0.05) is 6.10 Å². The van der Waals surface area contributed by atoms with Crippen LogP contribution in [0.1, 0.15) is 73.1 Å². The Morgan fingerprint density at radius 1 is 0.800 bits per heavy atom. The molecule has 0 amide bonds. The van der Waals surface area contributed by atoms with Crippen LogP contribution in [0.5, 0.6) is 0 Å². The molecule has 0 aliphatic rings. The zero-order chi connectivity index (χ0) is 15.8. The van der Waals surface area contributed by atoms with Crippen LogP contribution in [0.25, 0.3) is 0 Å². The van der Waals surface area contributed by atoms with E-state index in [1.165, 1.54) is 38.5 Å². The van der Waals surface area contributed by atoms with Crippen molar-refractivity contribution in [1.82, 2.24) is 0 Å². The molecule has 3 heteroatoms. The van der Waals surface area contributed by atoms with Crippen LogP contribution in [0, 0.1) is 0 Å². The van der Waals surface area contributed by atoms with Gasteiger partial charge in [-0.3, -0.25) is 0 Å². The minimum atomic E-state index is -0.839. The van der Waals surface area contributed by atoms with E-state index in [1.54, 1.807) is 13.3 Å². The molecule has 0 saturated heterocycles. The van der Waals surface area contributed by atoms with Crippen molar-refractivity contribution in [2.24, 2.45) is 0 Å². The van der Waals surface area contributed by atoms with E-state index in [0.717, 1.165) is 0 Å². The first-order valence-electron chi connectivity index (χ1n) is 8.78. The summed E-state index contributed by atoms with van der Waals surface area (Å²) in [6.07, 6.45) is 9.27. The Kier molecular flexibility index (Phi) is 20.9. The molecule has 0 heterocycles. The Morgan fingerprint density at radius 2 is 1.15 bits per heavy atom. The molecule has 0 bridgehead atoms. The van der Waals surface area contributed by atoms with Crippen LogP contribution < -0.4 is 0 Å². The van der Waals surface area contributed by atoms with Crippen molar-refractivity contribution in [2.45, 2.75) is 106 Å². The van der Waals surface area contributed by atoms with Crippen molar-refractivity contribution in [3.8, 4) is 0 Å². The van der Waals surface area contributed by atoms with E-state index in [1.807, 2.05) is 0 Å². The van der Waals surface area contributed by atoms with Crippen molar-refractivity contribution < 1.29 is 4.43 Å². The van der Waals surface area contributed by atoms with Crippen LogP contribution in [-0.2, 0) is 4.43 Å². The standard InChI is InChI=1S/C5H13OSi.3C4H9.Sn/c1-5(2)6-7(3)4;3*1-3-4-2;/h5H,1-4H3;3*1,3-4H2,2H3;. The van der Waals surface area contributed by atoms with E-state index in [4.69, 9.17) is 4.43 Å². The Bertz CT molecular complexity index is 149. The summed E-state index contributed by atoms with van der Waals surface area (Å²) in [7, 11) is -0.434. The van der Waals surface area contributed by atoms with Crippen LogP contribution in [0.3, 0.4) is 0 Å². The maximum atomic E-state index is 5.35. The van der Waals surface area contributed by atoms with Gasteiger partial charge in [-0.15, -0.1) is 0 Å². The third-order valence-electron chi connectivity index (χ3n) is 3.12. The zero-order valence-electron chi connectivity index (χ0n) is 15.3. The second kappa shape index (κ2) is 18.0. The van der Waals surface area contributed by atoms with E-state index < -0.39 is 28.8 Å². The van der Waals surface area contributed by atoms with Gasteiger partial charge in [-0.1, -0.05) is 0 Å².